The summed E-state index contributed by atoms with van der Waals surface area (Å²) in [6.45, 7) is 0.472. The second kappa shape index (κ2) is 8.82. The molecule has 2 rings (SSSR count). The fraction of sp³-hybridized carbons (Fsp3) is 0.400. The van der Waals surface area contributed by atoms with Gasteiger partial charge in [0, 0.05) is 6.20 Å². The van der Waals surface area contributed by atoms with E-state index in [0.717, 1.165) is 18.7 Å². The van der Waals surface area contributed by atoms with E-state index in [2.05, 4.69) is 20.5 Å². The summed E-state index contributed by atoms with van der Waals surface area (Å²) in [7, 11) is 0. The number of Topliss-reactive ketones (excluding diaryl/α,β-unsaturated/α-hetero) is 1. The van der Waals surface area contributed by atoms with E-state index in [1.54, 1.807) is 0 Å². The monoisotopic (exact) mass is 334 g/mol. The zero-order valence-electron chi connectivity index (χ0n) is 13.1. The number of carbonyl (C=O) groups excluding carboxylic acids is 2. The van der Waals surface area contributed by atoms with Crippen LogP contribution in [0.4, 0.5) is 4.39 Å². The predicted octanol–water partition coefficient (Wildman–Crippen LogP) is 0.309. The summed E-state index contributed by atoms with van der Waals surface area (Å²) in [6.07, 6.45) is 5.97. The molecule has 9 heteroatoms. The third-order valence-corrected chi connectivity index (χ3v) is 3.39. The molecule has 0 saturated carbocycles. The molecule has 0 aromatic carbocycles. The highest BCUT2D eigenvalue weighted by molar-refractivity contribution is 5.97. The minimum atomic E-state index is -0.694. The van der Waals surface area contributed by atoms with Crippen LogP contribution in [-0.2, 0) is 11.3 Å². The Balaban J connectivity index is 2.02. The van der Waals surface area contributed by atoms with Crippen LogP contribution in [0.2, 0.25) is 0 Å². The SMILES string of the molecule is NCCCC[C@H](NC(=O)c1ccc(F)nc1)C(=O)Cn1nccn1. The molecule has 0 radical (unpaired) electrons. The quantitative estimate of drug-likeness (QED) is 0.504. The molecule has 128 valence electrons. The maximum absolute atomic E-state index is 12.8. The molecule has 0 aliphatic heterocycles. The molecule has 8 nitrogen and oxygen atoms in total. The maximum Gasteiger partial charge on any atom is 0.253 e. The lowest BCUT2D eigenvalue weighted by Crippen LogP contribution is -2.42. The van der Waals surface area contributed by atoms with Gasteiger partial charge in [-0.2, -0.15) is 19.4 Å². The van der Waals surface area contributed by atoms with Gasteiger partial charge in [0.15, 0.2) is 5.78 Å². The van der Waals surface area contributed by atoms with Crippen molar-refractivity contribution in [3.63, 3.8) is 0 Å². The van der Waals surface area contributed by atoms with E-state index in [4.69, 9.17) is 5.73 Å². The Morgan fingerprint density at radius 3 is 2.62 bits per heavy atom. The Bertz CT molecular complexity index is 659. The number of hydrogen-bond acceptors (Lipinski definition) is 6. The first kappa shape index (κ1) is 17.7. The van der Waals surface area contributed by atoms with Crippen LogP contribution in [0.15, 0.2) is 30.7 Å². The number of nitrogens with two attached hydrogens (primary N) is 1. The van der Waals surface area contributed by atoms with E-state index in [1.165, 1.54) is 23.3 Å². The topological polar surface area (TPSA) is 116 Å². The number of nitrogens with zero attached hydrogens (tertiary/aromatic N) is 4. The van der Waals surface area contributed by atoms with Gasteiger partial charge in [-0.15, -0.1) is 0 Å². The minimum Gasteiger partial charge on any atom is -0.342 e. The molecule has 24 heavy (non-hydrogen) atoms. The van der Waals surface area contributed by atoms with Gasteiger partial charge in [-0.1, -0.05) is 0 Å². The number of aromatic nitrogens is 4. The van der Waals surface area contributed by atoms with Crippen LogP contribution in [0.25, 0.3) is 0 Å². The van der Waals surface area contributed by atoms with E-state index in [9.17, 15) is 14.0 Å². The van der Waals surface area contributed by atoms with Gasteiger partial charge in [-0.25, -0.2) is 4.98 Å². The van der Waals surface area contributed by atoms with Crippen molar-refractivity contribution in [3.8, 4) is 0 Å². The van der Waals surface area contributed by atoms with Gasteiger partial charge < -0.3 is 11.1 Å². The lowest BCUT2D eigenvalue weighted by molar-refractivity contribution is -0.122. The highest BCUT2D eigenvalue weighted by Crippen LogP contribution is 2.06. The second-order valence-electron chi connectivity index (χ2n) is 5.21. The molecule has 2 aromatic heterocycles. The van der Waals surface area contributed by atoms with Crippen molar-refractivity contribution in [1.82, 2.24) is 25.3 Å². The van der Waals surface area contributed by atoms with E-state index in [-0.39, 0.29) is 17.9 Å². The zero-order valence-corrected chi connectivity index (χ0v) is 13.1. The van der Waals surface area contributed by atoms with Crippen LogP contribution < -0.4 is 11.1 Å². The van der Waals surface area contributed by atoms with Crippen molar-refractivity contribution in [2.24, 2.45) is 5.73 Å². The summed E-state index contributed by atoms with van der Waals surface area (Å²) in [6, 6.07) is 1.71. The van der Waals surface area contributed by atoms with Crippen molar-refractivity contribution in [2.45, 2.75) is 31.8 Å². The van der Waals surface area contributed by atoms with Crippen molar-refractivity contribution < 1.29 is 14.0 Å². The second-order valence-corrected chi connectivity index (χ2v) is 5.21. The molecular formula is C15H19FN6O2. The van der Waals surface area contributed by atoms with E-state index >= 15 is 0 Å². The first-order chi connectivity index (χ1) is 11.6. The van der Waals surface area contributed by atoms with Crippen molar-refractivity contribution in [2.75, 3.05) is 6.54 Å². The molecule has 0 spiro atoms. The smallest absolute Gasteiger partial charge is 0.253 e. The molecule has 0 bridgehead atoms. The predicted molar refractivity (Wildman–Crippen MR) is 83.4 cm³/mol. The van der Waals surface area contributed by atoms with E-state index in [1.807, 2.05) is 0 Å². The Morgan fingerprint density at radius 1 is 1.25 bits per heavy atom. The number of rotatable bonds is 9. The van der Waals surface area contributed by atoms with Crippen LogP contribution in [0.3, 0.4) is 0 Å². The first-order valence-corrected chi connectivity index (χ1v) is 7.59. The molecular weight excluding hydrogens is 315 g/mol. The van der Waals surface area contributed by atoms with Gasteiger partial charge in [0.2, 0.25) is 5.95 Å². The molecule has 0 fully saturated rings. The molecule has 0 unspecified atom stereocenters. The number of hydrogen-bond donors (Lipinski definition) is 2. The largest absolute Gasteiger partial charge is 0.342 e. The van der Waals surface area contributed by atoms with Gasteiger partial charge in [0.1, 0.15) is 6.54 Å². The lowest BCUT2D eigenvalue weighted by atomic mass is 10.0. The fourth-order valence-electron chi connectivity index (χ4n) is 2.13. The number of halogens is 1. The van der Waals surface area contributed by atoms with Crippen LogP contribution >= 0.6 is 0 Å². The average Bonchev–Trinajstić information content (AvgIpc) is 3.07. The summed E-state index contributed by atoms with van der Waals surface area (Å²) in [5.74, 6) is -1.37. The molecule has 1 atom stereocenters. The Kier molecular flexibility index (Phi) is 6.50. The summed E-state index contributed by atoms with van der Waals surface area (Å²) < 4.78 is 12.8. The van der Waals surface area contributed by atoms with Gasteiger partial charge in [0.05, 0.1) is 24.0 Å². The molecule has 3 N–H and O–H groups in total. The van der Waals surface area contributed by atoms with E-state index in [0.29, 0.717) is 19.4 Å². The van der Waals surface area contributed by atoms with E-state index < -0.39 is 17.9 Å². The van der Waals surface area contributed by atoms with Gasteiger partial charge in [-0.3, -0.25) is 9.59 Å². The van der Waals surface area contributed by atoms with Crippen LogP contribution in [0.1, 0.15) is 29.6 Å². The molecule has 2 heterocycles. The number of pyridine rings is 1. The number of nitrogens with one attached hydrogen (secondary N) is 1. The summed E-state index contributed by atoms with van der Waals surface area (Å²) in [5.41, 5.74) is 5.65. The van der Waals surface area contributed by atoms with Crippen molar-refractivity contribution in [3.05, 3.63) is 42.2 Å². The normalized spacial score (nSPS) is 11.9. The maximum atomic E-state index is 12.8. The highest BCUT2D eigenvalue weighted by Gasteiger charge is 2.22. The number of ketones is 1. The number of unbranched alkanes of at least 4 members (excludes halogenated alkanes) is 1. The summed E-state index contributed by atoms with van der Waals surface area (Å²) >= 11 is 0. The fourth-order valence-corrected chi connectivity index (χ4v) is 2.13. The molecule has 0 aliphatic rings. The molecule has 0 saturated heterocycles. The standard InChI is InChI=1S/C15H19FN6O2/c16-14-5-4-11(9-18-14)15(24)21-12(3-1-2-6-17)13(23)10-22-19-7-8-20-22/h4-5,7-9,12H,1-3,6,10,17H2,(H,21,24)/t12-/m0/s1. The highest BCUT2D eigenvalue weighted by atomic mass is 19.1. The average molecular weight is 334 g/mol. The Hall–Kier alpha value is -2.68. The van der Waals surface area contributed by atoms with Gasteiger partial charge >= 0.3 is 0 Å². The van der Waals surface area contributed by atoms with Gasteiger partial charge in [-0.05, 0) is 37.9 Å². The zero-order chi connectivity index (χ0) is 17.4. The minimum absolute atomic E-state index is 0.0394. The third-order valence-electron chi connectivity index (χ3n) is 3.39. The van der Waals surface area contributed by atoms with Crippen molar-refractivity contribution in [1.29, 1.82) is 0 Å². The van der Waals surface area contributed by atoms with Gasteiger partial charge in [0.25, 0.3) is 5.91 Å². The molecule has 2 aromatic rings. The first-order valence-electron chi connectivity index (χ1n) is 7.59. The van der Waals surface area contributed by atoms with Crippen molar-refractivity contribution >= 4 is 11.7 Å². The Morgan fingerprint density at radius 2 is 2.00 bits per heavy atom. The molecule has 0 aliphatic carbocycles. The summed E-state index contributed by atoms with van der Waals surface area (Å²) in [5, 5.41) is 10.4. The number of carbonyl (C=O) groups is 2. The van der Waals surface area contributed by atoms with Crippen LogP contribution in [0, 0.1) is 5.95 Å². The number of amides is 1. The van der Waals surface area contributed by atoms with Crippen LogP contribution in [-0.4, -0.2) is 44.3 Å². The third kappa shape index (κ3) is 5.20. The van der Waals surface area contributed by atoms with Crippen LogP contribution in [0.5, 0.6) is 0 Å². The Labute approximate surface area is 138 Å². The lowest BCUT2D eigenvalue weighted by Gasteiger charge is -2.17. The summed E-state index contributed by atoms with van der Waals surface area (Å²) in [4.78, 5) is 29.3. The molecule has 1 amide bonds.